The summed E-state index contributed by atoms with van der Waals surface area (Å²) < 4.78 is 22.7. The number of methoxy groups -OCH3 is 1. The molecule has 0 saturated heterocycles. The Morgan fingerprint density at radius 1 is 1.06 bits per heavy atom. The standard InChI is InChI=1S/C23H20FN7O/c1-14-10-16(24)4-6-18(14)21-22-28-23(29-31(22)9-8-25-21)27-17-5-7-19(20(11-17)32-3)30-12-15(2)26-13-30/h4-13H,1-3H3,(H,27,29). The summed E-state index contributed by atoms with van der Waals surface area (Å²) in [5.74, 6) is 0.804. The van der Waals surface area contributed by atoms with Crippen LogP contribution >= 0.6 is 0 Å². The lowest BCUT2D eigenvalue weighted by Gasteiger charge is -2.11. The Kier molecular flexibility index (Phi) is 4.78. The summed E-state index contributed by atoms with van der Waals surface area (Å²) in [5, 5.41) is 7.72. The molecule has 0 unspecified atom stereocenters. The fourth-order valence-corrected chi connectivity index (χ4v) is 3.60. The maximum Gasteiger partial charge on any atom is 0.247 e. The van der Waals surface area contributed by atoms with Crippen molar-refractivity contribution in [3.05, 3.63) is 78.4 Å². The second-order valence-corrected chi connectivity index (χ2v) is 7.37. The zero-order chi connectivity index (χ0) is 22.2. The van der Waals surface area contributed by atoms with Gasteiger partial charge in [0.15, 0.2) is 5.65 Å². The van der Waals surface area contributed by atoms with Crippen molar-refractivity contribution in [2.75, 3.05) is 12.4 Å². The van der Waals surface area contributed by atoms with Gasteiger partial charge in [-0.3, -0.25) is 4.98 Å². The zero-order valence-corrected chi connectivity index (χ0v) is 17.7. The molecule has 0 fully saturated rings. The average molecular weight is 429 g/mol. The lowest BCUT2D eigenvalue weighted by molar-refractivity contribution is 0.413. The number of aromatic nitrogens is 6. The molecule has 3 aromatic heterocycles. The number of rotatable bonds is 5. The molecule has 0 saturated carbocycles. The van der Waals surface area contributed by atoms with Crippen LogP contribution < -0.4 is 10.1 Å². The second kappa shape index (κ2) is 7.77. The molecule has 1 N–H and O–H groups in total. The molecule has 5 rings (SSSR count). The van der Waals surface area contributed by atoms with E-state index in [2.05, 4.69) is 25.4 Å². The third kappa shape index (κ3) is 3.53. The quantitative estimate of drug-likeness (QED) is 0.443. The Labute approximate surface area is 183 Å². The molecule has 5 aromatic rings. The van der Waals surface area contributed by atoms with Gasteiger partial charge >= 0.3 is 0 Å². The minimum atomic E-state index is -0.287. The molecule has 0 aliphatic carbocycles. The van der Waals surface area contributed by atoms with Crippen LogP contribution in [0, 0.1) is 19.7 Å². The highest BCUT2D eigenvalue weighted by atomic mass is 19.1. The lowest BCUT2D eigenvalue weighted by Crippen LogP contribution is -1.98. The van der Waals surface area contributed by atoms with Crippen molar-refractivity contribution in [3.8, 4) is 22.7 Å². The van der Waals surface area contributed by atoms with Gasteiger partial charge in [0.2, 0.25) is 5.95 Å². The fourth-order valence-electron chi connectivity index (χ4n) is 3.60. The Morgan fingerprint density at radius 2 is 1.94 bits per heavy atom. The van der Waals surface area contributed by atoms with Gasteiger partial charge in [-0.25, -0.2) is 13.9 Å². The van der Waals surface area contributed by atoms with Gasteiger partial charge in [-0.05, 0) is 49.7 Å². The molecule has 2 aromatic carbocycles. The van der Waals surface area contributed by atoms with Crippen LogP contribution in [0.5, 0.6) is 5.75 Å². The van der Waals surface area contributed by atoms with E-state index in [0.29, 0.717) is 23.0 Å². The summed E-state index contributed by atoms with van der Waals surface area (Å²) in [6.07, 6.45) is 7.05. The van der Waals surface area contributed by atoms with Crippen molar-refractivity contribution in [2.24, 2.45) is 0 Å². The van der Waals surface area contributed by atoms with Crippen molar-refractivity contribution < 1.29 is 9.13 Å². The van der Waals surface area contributed by atoms with Gasteiger partial charge in [0.05, 0.1) is 24.8 Å². The Hall–Kier alpha value is -4.27. The van der Waals surface area contributed by atoms with Crippen molar-refractivity contribution in [2.45, 2.75) is 13.8 Å². The molecule has 32 heavy (non-hydrogen) atoms. The number of ether oxygens (including phenoxy) is 1. The van der Waals surface area contributed by atoms with E-state index in [1.54, 1.807) is 36.4 Å². The molecule has 3 heterocycles. The molecule has 9 heteroatoms. The van der Waals surface area contributed by atoms with Crippen LogP contribution in [0.4, 0.5) is 16.0 Å². The van der Waals surface area contributed by atoms with Crippen LogP contribution in [-0.2, 0) is 0 Å². The molecule has 0 atom stereocenters. The maximum absolute atomic E-state index is 13.5. The van der Waals surface area contributed by atoms with Crippen LogP contribution in [-0.4, -0.2) is 36.2 Å². The van der Waals surface area contributed by atoms with Gasteiger partial charge in [-0.15, -0.1) is 5.10 Å². The summed E-state index contributed by atoms with van der Waals surface area (Å²) in [4.78, 5) is 13.3. The van der Waals surface area contributed by atoms with E-state index in [0.717, 1.165) is 28.2 Å². The third-order valence-corrected chi connectivity index (χ3v) is 5.12. The Morgan fingerprint density at radius 3 is 2.69 bits per heavy atom. The molecule has 8 nitrogen and oxygen atoms in total. The molecule has 0 spiro atoms. The largest absolute Gasteiger partial charge is 0.494 e. The minimum absolute atomic E-state index is 0.287. The van der Waals surface area contributed by atoms with Crippen LogP contribution in [0.25, 0.3) is 22.6 Å². The van der Waals surface area contributed by atoms with E-state index in [9.17, 15) is 4.39 Å². The fraction of sp³-hybridized carbons (Fsp3) is 0.130. The number of fused-ring (bicyclic) bond motifs is 1. The first-order valence-electron chi connectivity index (χ1n) is 9.96. The normalized spacial score (nSPS) is 11.1. The highest BCUT2D eigenvalue weighted by Crippen LogP contribution is 2.29. The molecule has 0 radical (unpaired) electrons. The topological polar surface area (TPSA) is 82.2 Å². The highest BCUT2D eigenvalue weighted by Gasteiger charge is 2.14. The number of nitrogens with one attached hydrogen (secondary N) is 1. The number of imidazole rings is 1. The zero-order valence-electron chi connectivity index (χ0n) is 17.7. The van der Waals surface area contributed by atoms with Crippen LogP contribution in [0.2, 0.25) is 0 Å². The Bertz CT molecular complexity index is 1440. The van der Waals surface area contributed by atoms with Crippen LogP contribution in [0.15, 0.2) is 61.3 Å². The van der Waals surface area contributed by atoms with Gasteiger partial charge in [0.1, 0.15) is 17.3 Å². The number of nitrogens with zero attached hydrogens (tertiary/aromatic N) is 6. The van der Waals surface area contributed by atoms with E-state index in [1.807, 2.05) is 42.8 Å². The van der Waals surface area contributed by atoms with Crippen molar-refractivity contribution in [1.82, 2.24) is 29.1 Å². The number of aryl methyl sites for hydroxylation is 2. The van der Waals surface area contributed by atoms with Gasteiger partial charge in [-0.1, -0.05) is 0 Å². The molecule has 0 aliphatic rings. The molecular weight excluding hydrogens is 409 g/mol. The predicted octanol–water partition coefficient (Wildman–Crippen LogP) is 4.49. The van der Waals surface area contributed by atoms with Gasteiger partial charge in [-0.2, -0.15) is 4.98 Å². The lowest BCUT2D eigenvalue weighted by atomic mass is 10.1. The minimum Gasteiger partial charge on any atom is -0.494 e. The average Bonchev–Trinajstić information content (AvgIpc) is 3.39. The SMILES string of the molecule is COc1cc(Nc2nc3c(-c4ccc(F)cc4C)nccn3n2)ccc1-n1cnc(C)c1. The monoisotopic (exact) mass is 429 g/mol. The third-order valence-electron chi connectivity index (χ3n) is 5.12. The molecule has 0 amide bonds. The summed E-state index contributed by atoms with van der Waals surface area (Å²) in [6.45, 7) is 3.78. The second-order valence-electron chi connectivity index (χ2n) is 7.37. The van der Waals surface area contributed by atoms with Crippen molar-refractivity contribution in [3.63, 3.8) is 0 Å². The first-order valence-corrected chi connectivity index (χ1v) is 9.96. The summed E-state index contributed by atoms with van der Waals surface area (Å²) in [5.41, 5.74) is 5.35. The summed E-state index contributed by atoms with van der Waals surface area (Å²) in [7, 11) is 1.62. The van der Waals surface area contributed by atoms with E-state index in [4.69, 9.17) is 4.74 Å². The molecular formula is C23H20FN7O. The smallest absolute Gasteiger partial charge is 0.247 e. The van der Waals surface area contributed by atoms with Crippen molar-refractivity contribution in [1.29, 1.82) is 0 Å². The summed E-state index contributed by atoms with van der Waals surface area (Å²) in [6, 6.07) is 10.3. The van der Waals surface area contributed by atoms with E-state index in [-0.39, 0.29) is 5.82 Å². The molecule has 0 aliphatic heterocycles. The van der Waals surface area contributed by atoms with Crippen LogP contribution in [0.1, 0.15) is 11.3 Å². The Balaban J connectivity index is 1.50. The van der Waals surface area contributed by atoms with E-state index < -0.39 is 0 Å². The van der Waals surface area contributed by atoms with E-state index >= 15 is 0 Å². The number of hydrogen-bond donors (Lipinski definition) is 1. The summed E-state index contributed by atoms with van der Waals surface area (Å²) >= 11 is 0. The predicted molar refractivity (Wildman–Crippen MR) is 119 cm³/mol. The first-order chi connectivity index (χ1) is 15.5. The number of anilines is 2. The number of benzene rings is 2. The molecule has 160 valence electrons. The molecule has 0 bridgehead atoms. The van der Waals surface area contributed by atoms with Gasteiger partial charge in [0.25, 0.3) is 0 Å². The number of hydrogen-bond acceptors (Lipinski definition) is 6. The number of halogens is 1. The van der Waals surface area contributed by atoms with Gasteiger partial charge in [0, 0.05) is 35.9 Å². The highest BCUT2D eigenvalue weighted by molar-refractivity contribution is 5.76. The van der Waals surface area contributed by atoms with Gasteiger partial charge < -0.3 is 14.6 Å². The van der Waals surface area contributed by atoms with E-state index in [1.165, 1.54) is 12.1 Å². The van der Waals surface area contributed by atoms with Crippen molar-refractivity contribution >= 4 is 17.3 Å². The maximum atomic E-state index is 13.5. The van der Waals surface area contributed by atoms with Crippen LogP contribution in [0.3, 0.4) is 0 Å². The first kappa shape index (κ1) is 19.7.